The summed E-state index contributed by atoms with van der Waals surface area (Å²) in [6.07, 6.45) is 6.90. The third-order valence-electron chi connectivity index (χ3n) is 10.3. The van der Waals surface area contributed by atoms with Crippen LogP contribution >= 0.6 is 11.3 Å². The smallest absolute Gasteiger partial charge is 0.0561 e. The standard InChI is InChI=1S/C48H34N2S.C2H6/c1-3-12-33(13-4-1)34-22-26-38(27-23-34)50-45-20-9-7-16-41(45)42-31-30-39(32-46(42)50)49(36-14-5-2-6-15-36)37-28-24-35(25-29-37)40-18-11-19-44-43-17-8-10-21-47(43)51-48(40)44;1-2/h1-9,11-20,22-32H,10,21H2;1-2H3. The first-order chi connectivity index (χ1) is 26.3. The van der Waals surface area contributed by atoms with Crippen molar-refractivity contribution in [1.82, 2.24) is 4.57 Å². The molecule has 53 heavy (non-hydrogen) atoms. The van der Waals surface area contributed by atoms with Crippen LogP contribution in [0.15, 0.2) is 176 Å². The minimum atomic E-state index is 1.12. The zero-order valence-corrected chi connectivity index (χ0v) is 30.9. The number of para-hydroxylation sites is 2. The minimum Gasteiger partial charge on any atom is -0.310 e. The summed E-state index contributed by atoms with van der Waals surface area (Å²) in [5.41, 5.74) is 13.3. The van der Waals surface area contributed by atoms with Gasteiger partial charge in [0.1, 0.15) is 0 Å². The van der Waals surface area contributed by atoms with E-state index in [1.807, 2.05) is 25.2 Å². The number of allylic oxidation sites excluding steroid dienone is 1. The lowest BCUT2D eigenvalue weighted by molar-refractivity contribution is 1.02. The number of hydrogen-bond donors (Lipinski definition) is 0. The van der Waals surface area contributed by atoms with Crippen molar-refractivity contribution in [3.05, 3.63) is 186 Å². The van der Waals surface area contributed by atoms with Gasteiger partial charge >= 0.3 is 0 Å². The second-order valence-corrected chi connectivity index (χ2v) is 14.4. The van der Waals surface area contributed by atoms with Crippen LogP contribution in [0.3, 0.4) is 0 Å². The molecule has 7 aromatic carbocycles. The maximum absolute atomic E-state index is 2.41. The molecule has 1 aliphatic rings. The first kappa shape index (κ1) is 32.7. The van der Waals surface area contributed by atoms with Crippen molar-refractivity contribution >= 4 is 66.4 Å². The van der Waals surface area contributed by atoms with Gasteiger partial charge in [-0.15, -0.1) is 11.3 Å². The number of nitrogens with zero attached hydrogens (tertiary/aromatic N) is 2. The molecule has 0 saturated carbocycles. The predicted molar refractivity (Wildman–Crippen MR) is 230 cm³/mol. The number of fused-ring (bicyclic) bond motifs is 6. The van der Waals surface area contributed by atoms with E-state index >= 15 is 0 Å². The molecule has 2 heterocycles. The summed E-state index contributed by atoms with van der Waals surface area (Å²) < 4.78 is 3.79. The van der Waals surface area contributed by atoms with Crippen LogP contribution in [0.2, 0.25) is 0 Å². The average molecular weight is 701 g/mol. The molecule has 0 fully saturated rings. The predicted octanol–water partition coefficient (Wildman–Crippen LogP) is 14.8. The van der Waals surface area contributed by atoms with E-state index in [2.05, 4.69) is 191 Å². The van der Waals surface area contributed by atoms with E-state index in [1.54, 1.807) is 0 Å². The number of benzene rings is 7. The van der Waals surface area contributed by atoms with Crippen LogP contribution in [0.25, 0.3) is 65.9 Å². The summed E-state index contributed by atoms with van der Waals surface area (Å²) in [5, 5.41) is 3.87. The van der Waals surface area contributed by atoms with Crippen molar-refractivity contribution in [3.8, 4) is 27.9 Å². The number of thiophene rings is 1. The Bertz CT molecular complexity index is 2720. The highest BCUT2D eigenvalue weighted by molar-refractivity contribution is 7.20. The molecular formula is C50H40N2S. The first-order valence-electron chi connectivity index (χ1n) is 18.7. The van der Waals surface area contributed by atoms with Crippen LogP contribution in [0.1, 0.15) is 30.7 Å². The van der Waals surface area contributed by atoms with E-state index in [0.717, 1.165) is 35.6 Å². The van der Waals surface area contributed by atoms with Crippen molar-refractivity contribution in [1.29, 1.82) is 0 Å². The fourth-order valence-corrected chi connectivity index (χ4v) is 9.16. The van der Waals surface area contributed by atoms with Crippen molar-refractivity contribution in [3.63, 3.8) is 0 Å². The fraction of sp³-hybridized carbons (Fsp3) is 0.0800. The van der Waals surface area contributed by atoms with Gasteiger partial charge in [-0.25, -0.2) is 0 Å². The molecule has 2 aromatic heterocycles. The Balaban J connectivity index is 0.00000183. The molecule has 0 N–H and O–H groups in total. The van der Waals surface area contributed by atoms with Crippen molar-refractivity contribution in [2.45, 2.75) is 26.7 Å². The molecule has 10 rings (SSSR count). The van der Waals surface area contributed by atoms with Crippen LogP contribution in [-0.4, -0.2) is 4.57 Å². The third-order valence-corrected chi connectivity index (χ3v) is 11.6. The monoisotopic (exact) mass is 700 g/mol. The van der Waals surface area contributed by atoms with Crippen LogP contribution in [0.4, 0.5) is 17.1 Å². The summed E-state index contributed by atoms with van der Waals surface area (Å²) in [5.74, 6) is 0. The molecular weight excluding hydrogens is 661 g/mol. The summed E-state index contributed by atoms with van der Waals surface area (Å²) in [4.78, 5) is 3.88. The summed E-state index contributed by atoms with van der Waals surface area (Å²) >= 11 is 1.96. The molecule has 256 valence electrons. The van der Waals surface area contributed by atoms with Gasteiger partial charge in [-0.3, -0.25) is 0 Å². The lowest BCUT2D eigenvalue weighted by Crippen LogP contribution is -2.10. The van der Waals surface area contributed by atoms with Gasteiger partial charge in [0.05, 0.1) is 11.0 Å². The Morgan fingerprint density at radius 3 is 1.92 bits per heavy atom. The SMILES string of the molecule is C1=Cc2c(sc3c(-c4ccc(N(c5ccccc5)c5ccc6c7ccccc7n(-c7ccc(-c8ccccc8)cc7)c6c5)cc4)cccc23)CC1.CC. The maximum atomic E-state index is 2.41. The van der Waals surface area contributed by atoms with Gasteiger partial charge in [-0.1, -0.05) is 141 Å². The van der Waals surface area contributed by atoms with Gasteiger partial charge in [-0.05, 0) is 95.3 Å². The van der Waals surface area contributed by atoms with Crippen LogP contribution in [0, 0.1) is 0 Å². The van der Waals surface area contributed by atoms with Crippen molar-refractivity contribution in [2.75, 3.05) is 4.90 Å². The van der Waals surface area contributed by atoms with E-state index in [9.17, 15) is 0 Å². The van der Waals surface area contributed by atoms with Crippen LogP contribution < -0.4 is 4.90 Å². The normalized spacial score (nSPS) is 12.1. The highest BCUT2D eigenvalue weighted by atomic mass is 32.1. The number of rotatable bonds is 6. The van der Waals surface area contributed by atoms with Gasteiger partial charge in [0, 0.05) is 48.5 Å². The first-order valence-corrected chi connectivity index (χ1v) is 19.5. The molecule has 0 unspecified atom stereocenters. The molecule has 9 aromatic rings. The number of hydrogen-bond acceptors (Lipinski definition) is 2. The Kier molecular flexibility index (Phi) is 8.71. The minimum absolute atomic E-state index is 1.12. The third kappa shape index (κ3) is 5.84. The lowest BCUT2D eigenvalue weighted by atomic mass is 9.99. The summed E-state index contributed by atoms with van der Waals surface area (Å²) in [6.45, 7) is 4.00. The number of aromatic nitrogens is 1. The quantitative estimate of drug-likeness (QED) is 0.168. The fourth-order valence-electron chi connectivity index (χ4n) is 7.82. The highest BCUT2D eigenvalue weighted by Gasteiger charge is 2.19. The largest absolute Gasteiger partial charge is 0.310 e. The summed E-state index contributed by atoms with van der Waals surface area (Å²) in [6, 6.07) is 61.8. The molecule has 0 atom stereocenters. The molecule has 0 spiro atoms. The number of aryl methyl sites for hydroxylation is 1. The topological polar surface area (TPSA) is 8.17 Å². The Morgan fingerprint density at radius 1 is 0.509 bits per heavy atom. The molecule has 0 aliphatic heterocycles. The molecule has 0 radical (unpaired) electrons. The van der Waals surface area contributed by atoms with Gasteiger partial charge in [0.25, 0.3) is 0 Å². The zero-order chi connectivity index (χ0) is 35.7. The van der Waals surface area contributed by atoms with Gasteiger partial charge in [0.15, 0.2) is 0 Å². The zero-order valence-electron chi connectivity index (χ0n) is 30.0. The molecule has 1 aliphatic carbocycles. The van der Waals surface area contributed by atoms with Crippen LogP contribution in [-0.2, 0) is 6.42 Å². The van der Waals surface area contributed by atoms with Crippen LogP contribution in [0.5, 0.6) is 0 Å². The van der Waals surface area contributed by atoms with E-state index in [4.69, 9.17) is 0 Å². The molecule has 0 bridgehead atoms. The van der Waals surface area contributed by atoms with Gasteiger partial charge in [-0.2, -0.15) is 0 Å². The Hall–Kier alpha value is -6.16. The second kappa shape index (κ2) is 14.1. The molecule has 3 heteroatoms. The van der Waals surface area contributed by atoms with E-state index in [0.29, 0.717) is 0 Å². The van der Waals surface area contributed by atoms with E-state index < -0.39 is 0 Å². The Morgan fingerprint density at radius 2 is 1.13 bits per heavy atom. The summed E-state index contributed by atoms with van der Waals surface area (Å²) in [7, 11) is 0. The number of anilines is 3. The lowest BCUT2D eigenvalue weighted by Gasteiger charge is -2.26. The highest BCUT2D eigenvalue weighted by Crippen LogP contribution is 2.43. The van der Waals surface area contributed by atoms with Crippen molar-refractivity contribution in [2.24, 2.45) is 0 Å². The molecule has 0 saturated heterocycles. The molecule has 2 nitrogen and oxygen atoms in total. The molecule has 0 amide bonds. The second-order valence-electron chi connectivity index (χ2n) is 13.2. The van der Waals surface area contributed by atoms with E-state index in [-0.39, 0.29) is 0 Å². The van der Waals surface area contributed by atoms with Crippen molar-refractivity contribution < 1.29 is 0 Å². The average Bonchev–Trinajstić information content (AvgIpc) is 3.79. The van der Waals surface area contributed by atoms with Gasteiger partial charge < -0.3 is 9.47 Å². The van der Waals surface area contributed by atoms with Gasteiger partial charge in [0.2, 0.25) is 0 Å². The Labute approximate surface area is 315 Å². The maximum Gasteiger partial charge on any atom is 0.0561 e. The van der Waals surface area contributed by atoms with E-state index in [1.165, 1.54) is 64.6 Å².